The quantitative estimate of drug-likeness (QED) is 0.283. The first kappa shape index (κ1) is 27.4. The molecule has 2 N–H and O–H groups in total. The molecule has 2 fully saturated rings. The first-order valence-corrected chi connectivity index (χ1v) is 14.1. The number of hydrogen-bond donors (Lipinski definition) is 2. The highest BCUT2D eigenvalue weighted by Gasteiger charge is 2.24. The highest BCUT2D eigenvalue weighted by atomic mass is 16.5. The molecule has 1 aliphatic heterocycles. The van der Waals surface area contributed by atoms with E-state index in [4.69, 9.17) is 14.8 Å². The molecule has 0 spiro atoms. The fraction of sp³-hybridized carbons (Fsp3) is 0.483. The highest BCUT2D eigenvalue weighted by molar-refractivity contribution is 5.83. The van der Waals surface area contributed by atoms with Crippen molar-refractivity contribution in [1.29, 1.82) is 0 Å². The molecule has 5 rings (SSSR count). The van der Waals surface area contributed by atoms with E-state index in [9.17, 15) is 9.59 Å². The van der Waals surface area contributed by atoms with Crippen molar-refractivity contribution in [1.82, 2.24) is 24.4 Å². The van der Waals surface area contributed by atoms with Crippen molar-refractivity contribution >= 4 is 40.7 Å². The minimum absolute atomic E-state index is 0.0534. The van der Waals surface area contributed by atoms with Crippen LogP contribution in [0.25, 0.3) is 17.1 Å². The maximum Gasteiger partial charge on any atom is 0.407 e. The van der Waals surface area contributed by atoms with Crippen molar-refractivity contribution in [2.75, 3.05) is 43.0 Å². The molecule has 1 amide bonds. The third-order valence-electron chi connectivity index (χ3n) is 7.79. The van der Waals surface area contributed by atoms with Gasteiger partial charge in [-0.1, -0.05) is 26.2 Å². The van der Waals surface area contributed by atoms with Gasteiger partial charge in [-0.25, -0.2) is 14.8 Å². The zero-order chi connectivity index (χ0) is 28.1. The van der Waals surface area contributed by atoms with Gasteiger partial charge >= 0.3 is 6.09 Å². The number of nitrogens with zero attached hydrogens (tertiary/aromatic N) is 6. The lowest BCUT2D eigenvalue weighted by Crippen LogP contribution is -2.48. The van der Waals surface area contributed by atoms with Crippen molar-refractivity contribution in [2.45, 2.75) is 58.4 Å². The van der Waals surface area contributed by atoms with Gasteiger partial charge in [0.1, 0.15) is 11.5 Å². The monoisotopic (exact) mass is 547 g/mol. The molecule has 0 unspecified atom stereocenters. The molecular formula is C29H37N7O4. The zero-order valence-corrected chi connectivity index (χ0v) is 23.2. The van der Waals surface area contributed by atoms with Gasteiger partial charge in [0.15, 0.2) is 0 Å². The molecule has 0 aromatic carbocycles. The van der Waals surface area contributed by atoms with Crippen molar-refractivity contribution in [3.8, 4) is 0 Å². The topological polar surface area (TPSA) is 126 Å². The van der Waals surface area contributed by atoms with Crippen LogP contribution in [0.3, 0.4) is 0 Å². The minimum Gasteiger partial charge on any atom is -0.501 e. The summed E-state index contributed by atoms with van der Waals surface area (Å²) in [4.78, 5) is 42.4. The molecule has 0 radical (unpaired) electrons. The number of piperazine rings is 1. The summed E-state index contributed by atoms with van der Waals surface area (Å²) in [5.74, 6) is 0.960. The molecule has 3 aromatic heterocycles. The second kappa shape index (κ2) is 12.4. The summed E-state index contributed by atoms with van der Waals surface area (Å²) in [6, 6.07) is 3.91. The Morgan fingerprint density at radius 2 is 1.93 bits per heavy atom. The Hall–Kier alpha value is -4.15. The number of carboxylic acid groups (broad SMARTS) is 1. The SMILES string of the molecule is CCCCO/C=C/c1c(C)c2cnc(Nc3ccc(N4CCN(C(=O)O)CC4)cn3)nc2n(C2CCCC2)c1=O. The van der Waals surface area contributed by atoms with E-state index in [2.05, 4.69) is 27.1 Å². The Morgan fingerprint density at radius 1 is 1.15 bits per heavy atom. The molecule has 11 nitrogen and oxygen atoms in total. The number of aryl methyl sites for hydroxylation is 1. The largest absolute Gasteiger partial charge is 0.501 e. The lowest BCUT2D eigenvalue weighted by atomic mass is 10.1. The maximum atomic E-state index is 13.7. The summed E-state index contributed by atoms with van der Waals surface area (Å²) >= 11 is 0. The predicted octanol–water partition coefficient (Wildman–Crippen LogP) is 4.94. The maximum absolute atomic E-state index is 13.7. The van der Waals surface area contributed by atoms with Crippen LogP contribution in [0.2, 0.25) is 0 Å². The van der Waals surface area contributed by atoms with E-state index in [1.165, 1.54) is 4.90 Å². The van der Waals surface area contributed by atoms with Crippen molar-refractivity contribution in [3.05, 3.63) is 52.3 Å². The van der Waals surface area contributed by atoms with Gasteiger partial charge < -0.3 is 25.0 Å². The highest BCUT2D eigenvalue weighted by Crippen LogP contribution is 2.32. The van der Waals surface area contributed by atoms with Crippen LogP contribution in [-0.4, -0.2) is 68.4 Å². The number of fused-ring (bicyclic) bond motifs is 1. The average molecular weight is 548 g/mol. The molecule has 11 heteroatoms. The number of unbranched alkanes of at least 4 members (excludes halogenated alkanes) is 1. The third kappa shape index (κ3) is 5.88. The minimum atomic E-state index is -0.884. The van der Waals surface area contributed by atoms with Gasteiger partial charge in [0.05, 0.1) is 24.8 Å². The fourth-order valence-corrected chi connectivity index (χ4v) is 5.44. The van der Waals surface area contributed by atoms with Gasteiger partial charge in [-0.2, -0.15) is 4.98 Å². The summed E-state index contributed by atoms with van der Waals surface area (Å²) in [5, 5.41) is 13.2. The van der Waals surface area contributed by atoms with Gasteiger partial charge in [-0.05, 0) is 50.0 Å². The first-order valence-electron chi connectivity index (χ1n) is 14.1. The summed E-state index contributed by atoms with van der Waals surface area (Å²) in [6.07, 6.45) is 12.2. The summed E-state index contributed by atoms with van der Waals surface area (Å²) in [5.41, 5.74) is 2.95. The van der Waals surface area contributed by atoms with E-state index < -0.39 is 6.09 Å². The van der Waals surface area contributed by atoms with Gasteiger partial charge in [0.2, 0.25) is 5.95 Å². The molecule has 1 aliphatic carbocycles. The first-order chi connectivity index (χ1) is 19.5. The Morgan fingerprint density at radius 3 is 2.60 bits per heavy atom. The Labute approximate surface area is 233 Å². The standard InChI is InChI=1S/C29H37N7O4/c1-3-4-16-40-17-11-23-20(2)24-19-31-28(33-26(24)36(27(23)37)21-7-5-6-8-21)32-25-10-9-22(18-30-25)34-12-14-35(15-13-34)29(38)39/h9-11,17-19,21H,3-8,12-16H2,1-2H3,(H,38,39)(H,30,31,32,33)/b17-11+. The van der Waals surface area contributed by atoms with Crippen LogP contribution < -0.4 is 15.8 Å². The van der Waals surface area contributed by atoms with E-state index in [0.717, 1.165) is 55.2 Å². The van der Waals surface area contributed by atoms with E-state index >= 15 is 0 Å². The van der Waals surface area contributed by atoms with Gasteiger partial charge in [0.25, 0.3) is 5.56 Å². The van der Waals surface area contributed by atoms with Crippen LogP contribution in [0, 0.1) is 6.92 Å². The number of pyridine rings is 2. The zero-order valence-electron chi connectivity index (χ0n) is 23.2. The molecule has 4 heterocycles. The number of aromatic nitrogens is 4. The second-order valence-corrected chi connectivity index (χ2v) is 10.4. The number of hydrogen-bond acceptors (Lipinski definition) is 8. The van der Waals surface area contributed by atoms with Crippen LogP contribution in [-0.2, 0) is 4.74 Å². The Balaban J connectivity index is 1.39. The average Bonchev–Trinajstić information content (AvgIpc) is 3.49. The van der Waals surface area contributed by atoms with Gasteiger partial charge in [-0.15, -0.1) is 0 Å². The molecule has 3 aromatic rings. The Bertz CT molecular complexity index is 1420. The van der Waals surface area contributed by atoms with Crippen molar-refractivity contribution in [3.63, 3.8) is 0 Å². The number of nitrogens with one attached hydrogen (secondary N) is 1. The predicted molar refractivity (Wildman–Crippen MR) is 155 cm³/mol. The number of carbonyl (C=O) groups is 1. The molecule has 40 heavy (non-hydrogen) atoms. The van der Waals surface area contributed by atoms with E-state index in [1.807, 2.05) is 23.6 Å². The molecular weight excluding hydrogens is 510 g/mol. The number of ether oxygens (including phenoxy) is 1. The second-order valence-electron chi connectivity index (χ2n) is 10.4. The lowest BCUT2D eigenvalue weighted by molar-refractivity contribution is 0.142. The smallest absolute Gasteiger partial charge is 0.407 e. The van der Waals surface area contributed by atoms with E-state index in [0.29, 0.717) is 55.8 Å². The molecule has 1 saturated carbocycles. The van der Waals surface area contributed by atoms with Crippen molar-refractivity contribution in [2.24, 2.45) is 0 Å². The molecule has 1 saturated heterocycles. The van der Waals surface area contributed by atoms with E-state index in [-0.39, 0.29) is 11.6 Å². The van der Waals surface area contributed by atoms with Crippen LogP contribution in [0.4, 0.5) is 22.2 Å². The summed E-state index contributed by atoms with van der Waals surface area (Å²) in [7, 11) is 0. The number of anilines is 3. The molecule has 212 valence electrons. The number of amides is 1. The fourth-order valence-electron chi connectivity index (χ4n) is 5.44. The van der Waals surface area contributed by atoms with Gasteiger partial charge in [-0.3, -0.25) is 9.36 Å². The van der Waals surface area contributed by atoms with Crippen LogP contribution in [0.5, 0.6) is 0 Å². The van der Waals surface area contributed by atoms with Crippen LogP contribution in [0.15, 0.2) is 35.6 Å². The van der Waals surface area contributed by atoms with Crippen LogP contribution >= 0.6 is 0 Å². The normalized spacial score (nSPS) is 16.2. The lowest BCUT2D eigenvalue weighted by Gasteiger charge is -2.34. The summed E-state index contributed by atoms with van der Waals surface area (Å²) < 4.78 is 7.45. The van der Waals surface area contributed by atoms with E-state index in [1.54, 1.807) is 24.7 Å². The van der Waals surface area contributed by atoms with Crippen LogP contribution in [0.1, 0.15) is 62.6 Å². The molecule has 2 aliphatic rings. The van der Waals surface area contributed by atoms with Gasteiger partial charge in [0, 0.05) is 49.4 Å². The number of rotatable bonds is 9. The Kier molecular flexibility index (Phi) is 8.47. The third-order valence-corrected chi connectivity index (χ3v) is 7.79. The molecule has 0 bridgehead atoms. The summed E-state index contributed by atoms with van der Waals surface area (Å²) in [6.45, 7) is 6.84. The molecule has 0 atom stereocenters. The van der Waals surface area contributed by atoms with Crippen molar-refractivity contribution < 1.29 is 14.6 Å².